The van der Waals surface area contributed by atoms with Gasteiger partial charge < -0.3 is 5.11 Å². The van der Waals surface area contributed by atoms with Crippen LogP contribution in [-0.4, -0.2) is 16.7 Å². The van der Waals surface area contributed by atoms with E-state index in [0.29, 0.717) is 5.56 Å². The summed E-state index contributed by atoms with van der Waals surface area (Å²) >= 11 is 0. The Hall–Kier alpha value is -2.32. The summed E-state index contributed by atoms with van der Waals surface area (Å²) in [6.07, 6.45) is 3.14. The van der Waals surface area contributed by atoms with Crippen molar-refractivity contribution in [1.29, 1.82) is 5.26 Å². The first-order valence-corrected chi connectivity index (χ1v) is 6.53. The first kappa shape index (κ1) is 15.1. The van der Waals surface area contributed by atoms with Gasteiger partial charge in [0.1, 0.15) is 11.6 Å². The zero-order valence-electron chi connectivity index (χ0n) is 11.2. The molecule has 0 aliphatic rings. The van der Waals surface area contributed by atoms with E-state index in [2.05, 4.69) is 11.1 Å². The van der Waals surface area contributed by atoms with Crippen LogP contribution in [0.5, 0.6) is 0 Å². The van der Waals surface area contributed by atoms with Crippen molar-refractivity contribution < 1.29 is 13.9 Å². The number of nitriles is 1. The Morgan fingerprint density at radius 3 is 2.29 bits per heavy atom. The van der Waals surface area contributed by atoms with E-state index in [9.17, 15) is 19.1 Å². The Bertz CT molecular complexity index is 620. The molecule has 2 aromatic rings. The van der Waals surface area contributed by atoms with Crippen LogP contribution in [0.1, 0.15) is 29.4 Å². The fraction of sp³-hybridized carbons (Fsp3) is 0.250. The SMILES string of the molecule is N#C[C@H](c1ccncc1)[C@@H](CCO)c1c(F)cccc1F. The zero-order valence-corrected chi connectivity index (χ0v) is 11.2. The molecule has 0 aliphatic carbocycles. The fourth-order valence-corrected chi connectivity index (χ4v) is 2.45. The number of aliphatic hydroxyl groups excluding tert-OH is 1. The highest BCUT2D eigenvalue weighted by Crippen LogP contribution is 2.37. The van der Waals surface area contributed by atoms with Gasteiger partial charge in [0, 0.05) is 30.5 Å². The molecule has 0 fully saturated rings. The van der Waals surface area contributed by atoms with Crippen LogP contribution in [0.15, 0.2) is 42.7 Å². The predicted octanol–water partition coefficient (Wildman–Crippen LogP) is 3.13. The van der Waals surface area contributed by atoms with Gasteiger partial charge in [-0.15, -0.1) is 0 Å². The van der Waals surface area contributed by atoms with Gasteiger partial charge in [0.25, 0.3) is 0 Å². The molecule has 0 saturated heterocycles. The van der Waals surface area contributed by atoms with Crippen LogP contribution >= 0.6 is 0 Å². The molecule has 3 nitrogen and oxygen atoms in total. The number of pyridine rings is 1. The molecule has 5 heteroatoms. The van der Waals surface area contributed by atoms with E-state index in [4.69, 9.17) is 0 Å². The molecule has 2 rings (SSSR count). The first-order chi connectivity index (χ1) is 10.2. The molecule has 0 unspecified atom stereocenters. The minimum atomic E-state index is -0.761. The Labute approximate surface area is 121 Å². The van der Waals surface area contributed by atoms with Gasteiger partial charge in [-0.1, -0.05) is 6.07 Å². The van der Waals surface area contributed by atoms with Gasteiger partial charge in [0.15, 0.2) is 0 Å². The lowest BCUT2D eigenvalue weighted by atomic mass is 9.80. The summed E-state index contributed by atoms with van der Waals surface area (Å²) in [6.45, 7) is -0.262. The highest BCUT2D eigenvalue weighted by Gasteiger charge is 2.29. The Balaban J connectivity index is 2.50. The molecule has 1 aromatic carbocycles. The van der Waals surface area contributed by atoms with E-state index in [1.807, 2.05) is 0 Å². The van der Waals surface area contributed by atoms with Crippen molar-refractivity contribution in [3.63, 3.8) is 0 Å². The Morgan fingerprint density at radius 2 is 1.76 bits per heavy atom. The lowest BCUT2D eigenvalue weighted by Gasteiger charge is -2.23. The third kappa shape index (κ3) is 3.23. The second-order valence-corrected chi connectivity index (χ2v) is 4.64. The lowest BCUT2D eigenvalue weighted by Crippen LogP contribution is -2.15. The average molecular weight is 288 g/mol. The molecular weight excluding hydrogens is 274 g/mol. The highest BCUT2D eigenvalue weighted by molar-refractivity contribution is 5.33. The third-order valence-electron chi connectivity index (χ3n) is 3.42. The van der Waals surface area contributed by atoms with Crippen molar-refractivity contribution in [2.75, 3.05) is 6.61 Å². The normalized spacial score (nSPS) is 13.4. The summed E-state index contributed by atoms with van der Waals surface area (Å²) < 4.78 is 28.0. The van der Waals surface area contributed by atoms with Crippen LogP contribution in [0.25, 0.3) is 0 Å². The predicted molar refractivity (Wildman–Crippen MR) is 73.4 cm³/mol. The van der Waals surface area contributed by atoms with Crippen LogP contribution in [0.4, 0.5) is 8.78 Å². The second kappa shape index (κ2) is 6.91. The molecule has 0 aliphatic heterocycles. The summed E-state index contributed by atoms with van der Waals surface area (Å²) in [6, 6.07) is 8.94. The van der Waals surface area contributed by atoms with Crippen LogP contribution in [-0.2, 0) is 0 Å². The van der Waals surface area contributed by atoms with Crippen molar-refractivity contribution in [1.82, 2.24) is 4.98 Å². The van der Waals surface area contributed by atoms with Gasteiger partial charge in [-0.2, -0.15) is 5.26 Å². The van der Waals surface area contributed by atoms with E-state index in [1.54, 1.807) is 12.1 Å². The molecule has 21 heavy (non-hydrogen) atoms. The number of aromatic nitrogens is 1. The van der Waals surface area contributed by atoms with E-state index in [-0.39, 0.29) is 18.6 Å². The minimum absolute atomic E-state index is 0.0956. The van der Waals surface area contributed by atoms with Gasteiger partial charge in [-0.3, -0.25) is 4.98 Å². The maximum absolute atomic E-state index is 14.0. The van der Waals surface area contributed by atoms with Gasteiger partial charge in [0.2, 0.25) is 0 Å². The lowest BCUT2D eigenvalue weighted by molar-refractivity contribution is 0.269. The van der Waals surface area contributed by atoms with Crippen molar-refractivity contribution >= 4 is 0 Å². The number of hydrogen-bond donors (Lipinski definition) is 1. The molecule has 1 N–H and O–H groups in total. The maximum atomic E-state index is 14.0. The van der Waals surface area contributed by atoms with Crippen molar-refractivity contribution in [2.24, 2.45) is 0 Å². The number of halogens is 2. The number of hydrogen-bond acceptors (Lipinski definition) is 3. The molecule has 0 spiro atoms. The number of aliphatic hydroxyl groups is 1. The summed E-state index contributed by atoms with van der Waals surface area (Å²) in [5, 5.41) is 18.6. The van der Waals surface area contributed by atoms with Crippen molar-refractivity contribution in [2.45, 2.75) is 18.3 Å². The summed E-state index contributed by atoms with van der Waals surface area (Å²) in [5.41, 5.74) is 0.462. The maximum Gasteiger partial charge on any atom is 0.129 e. The van der Waals surface area contributed by atoms with Gasteiger partial charge in [-0.05, 0) is 36.2 Å². The Kier molecular flexibility index (Phi) is 4.96. The Morgan fingerprint density at radius 1 is 1.14 bits per heavy atom. The van der Waals surface area contributed by atoms with Gasteiger partial charge in [0.05, 0.1) is 12.0 Å². The number of benzene rings is 1. The third-order valence-corrected chi connectivity index (χ3v) is 3.42. The zero-order chi connectivity index (χ0) is 15.2. The van der Waals surface area contributed by atoms with Crippen LogP contribution in [0.2, 0.25) is 0 Å². The molecule has 2 atom stereocenters. The average Bonchev–Trinajstić information content (AvgIpc) is 2.49. The molecule has 0 radical (unpaired) electrons. The molecule has 0 saturated carbocycles. The van der Waals surface area contributed by atoms with Gasteiger partial charge in [-0.25, -0.2) is 8.78 Å². The minimum Gasteiger partial charge on any atom is -0.396 e. The largest absolute Gasteiger partial charge is 0.396 e. The molecular formula is C16H14F2N2O. The van der Waals surface area contributed by atoms with E-state index in [1.165, 1.54) is 18.5 Å². The monoisotopic (exact) mass is 288 g/mol. The van der Waals surface area contributed by atoms with E-state index >= 15 is 0 Å². The summed E-state index contributed by atoms with van der Waals surface area (Å²) in [7, 11) is 0. The number of nitrogens with zero attached hydrogens (tertiary/aromatic N) is 2. The van der Waals surface area contributed by atoms with E-state index < -0.39 is 23.5 Å². The first-order valence-electron chi connectivity index (χ1n) is 6.53. The smallest absolute Gasteiger partial charge is 0.129 e. The summed E-state index contributed by atoms with van der Waals surface area (Å²) in [4.78, 5) is 3.87. The quantitative estimate of drug-likeness (QED) is 0.919. The topological polar surface area (TPSA) is 56.9 Å². The summed E-state index contributed by atoms with van der Waals surface area (Å²) in [5.74, 6) is -2.93. The molecule has 108 valence electrons. The van der Waals surface area contributed by atoms with Crippen LogP contribution in [0.3, 0.4) is 0 Å². The molecule has 0 amide bonds. The standard InChI is InChI=1S/C16H14F2N2O/c17-14-2-1-3-15(18)16(14)12(6-9-21)13(10-19)11-4-7-20-8-5-11/h1-5,7-8,12-13,21H,6,9H2/t12-,13-/m1/s1. The van der Waals surface area contributed by atoms with E-state index in [0.717, 1.165) is 12.1 Å². The van der Waals surface area contributed by atoms with Crippen molar-refractivity contribution in [3.8, 4) is 6.07 Å². The highest BCUT2D eigenvalue weighted by atomic mass is 19.1. The van der Waals surface area contributed by atoms with Crippen LogP contribution in [0, 0.1) is 23.0 Å². The fourth-order valence-electron chi connectivity index (χ4n) is 2.45. The molecule has 1 heterocycles. The van der Waals surface area contributed by atoms with Crippen LogP contribution < -0.4 is 0 Å². The van der Waals surface area contributed by atoms with Gasteiger partial charge >= 0.3 is 0 Å². The van der Waals surface area contributed by atoms with Crippen molar-refractivity contribution in [3.05, 3.63) is 65.5 Å². The number of rotatable bonds is 5. The molecule has 1 aromatic heterocycles. The molecule has 0 bridgehead atoms. The second-order valence-electron chi connectivity index (χ2n) is 4.64.